The molecule has 0 saturated carbocycles. The summed E-state index contributed by atoms with van der Waals surface area (Å²) in [6, 6.07) is 6.48. The molecule has 1 amide bonds. The quantitative estimate of drug-likeness (QED) is 0.601. The Kier molecular flexibility index (Phi) is 5.74. The summed E-state index contributed by atoms with van der Waals surface area (Å²) in [6.07, 6.45) is -0.387. The van der Waals surface area contributed by atoms with E-state index < -0.39 is 22.1 Å². The topological polar surface area (TPSA) is 96.0 Å². The van der Waals surface area contributed by atoms with Gasteiger partial charge in [-0.2, -0.15) is 12.7 Å². The lowest BCUT2D eigenvalue weighted by molar-refractivity contribution is -0.118. The summed E-state index contributed by atoms with van der Waals surface area (Å²) in [5.74, 6) is -1.00. The van der Waals surface area contributed by atoms with Crippen LogP contribution in [0.15, 0.2) is 24.3 Å². The summed E-state index contributed by atoms with van der Waals surface area (Å²) >= 11 is 0. The van der Waals surface area contributed by atoms with E-state index in [0.717, 1.165) is 4.31 Å². The van der Waals surface area contributed by atoms with Crippen molar-refractivity contribution < 1.29 is 22.7 Å². The van der Waals surface area contributed by atoms with Gasteiger partial charge in [0, 0.05) is 12.0 Å². The third-order valence-corrected chi connectivity index (χ3v) is 5.30. The Morgan fingerprint density at radius 2 is 1.85 bits per heavy atom. The van der Waals surface area contributed by atoms with Crippen LogP contribution in [0.2, 0.25) is 0 Å². The maximum atomic E-state index is 12.4. The summed E-state index contributed by atoms with van der Waals surface area (Å²) < 4.78 is 32.1. The number of amides is 1. The van der Waals surface area contributed by atoms with Crippen LogP contribution in [0.25, 0.3) is 0 Å². The lowest BCUT2D eigenvalue weighted by Gasteiger charge is -2.35. The largest absolute Gasteiger partial charge is 0.442 e. The maximum Gasteiger partial charge on any atom is 0.339 e. The van der Waals surface area contributed by atoms with Crippen molar-refractivity contribution in [2.24, 2.45) is 5.41 Å². The zero-order chi connectivity index (χ0) is 19.7. The first-order chi connectivity index (χ1) is 11.9. The predicted molar refractivity (Wildman–Crippen MR) is 96.3 cm³/mol. The molecule has 1 N–H and O–H groups in total. The van der Waals surface area contributed by atoms with E-state index in [4.69, 9.17) is 4.74 Å². The Morgan fingerprint density at radius 1 is 1.27 bits per heavy atom. The summed E-state index contributed by atoms with van der Waals surface area (Å²) in [7, 11) is -0.0754. The molecule has 1 aliphatic heterocycles. The van der Waals surface area contributed by atoms with Gasteiger partial charge < -0.3 is 4.74 Å². The van der Waals surface area contributed by atoms with Crippen molar-refractivity contribution in [1.82, 2.24) is 13.9 Å². The van der Waals surface area contributed by atoms with Crippen LogP contribution in [0.4, 0.5) is 0 Å². The second kappa shape index (κ2) is 7.34. The van der Waals surface area contributed by atoms with Gasteiger partial charge in [0.1, 0.15) is 0 Å². The van der Waals surface area contributed by atoms with E-state index in [-0.39, 0.29) is 24.7 Å². The van der Waals surface area contributed by atoms with Crippen LogP contribution >= 0.6 is 0 Å². The normalized spacial score (nSPS) is 18.6. The van der Waals surface area contributed by atoms with Crippen molar-refractivity contribution in [1.29, 1.82) is 0 Å². The molecule has 26 heavy (non-hydrogen) atoms. The van der Waals surface area contributed by atoms with Crippen molar-refractivity contribution in [2.75, 3.05) is 20.6 Å². The lowest BCUT2D eigenvalue weighted by atomic mass is 9.93. The number of hydrogen-bond donors (Lipinski definition) is 1. The maximum absolute atomic E-state index is 12.4. The van der Waals surface area contributed by atoms with E-state index in [2.05, 4.69) is 0 Å². The molecule has 144 valence electrons. The van der Waals surface area contributed by atoms with Gasteiger partial charge >= 0.3 is 16.2 Å². The fourth-order valence-electron chi connectivity index (χ4n) is 2.80. The van der Waals surface area contributed by atoms with Crippen LogP contribution in [-0.4, -0.2) is 56.4 Å². The highest BCUT2D eigenvalue weighted by molar-refractivity contribution is 7.88. The third-order valence-electron chi connectivity index (χ3n) is 3.88. The molecule has 1 aliphatic rings. The monoisotopic (exact) mass is 383 g/mol. The van der Waals surface area contributed by atoms with Gasteiger partial charge in [-0.1, -0.05) is 32.9 Å². The Balaban J connectivity index is 2.07. The SMILES string of the molecule is CN(C)C(OC(=O)c1ccc(CN2CC(=O)NS2(=O)=O)cc1)C(C)(C)C. The second-order valence-corrected chi connectivity index (χ2v) is 9.25. The fourth-order valence-corrected chi connectivity index (χ4v) is 3.89. The van der Waals surface area contributed by atoms with Crippen molar-refractivity contribution >= 4 is 22.1 Å². The van der Waals surface area contributed by atoms with E-state index in [1.165, 1.54) is 0 Å². The van der Waals surface area contributed by atoms with Crippen LogP contribution in [0.5, 0.6) is 0 Å². The van der Waals surface area contributed by atoms with E-state index in [9.17, 15) is 18.0 Å². The minimum absolute atomic E-state index is 0.0543. The average Bonchev–Trinajstić information content (AvgIpc) is 2.75. The van der Waals surface area contributed by atoms with Gasteiger partial charge in [-0.15, -0.1) is 0 Å². The number of benzene rings is 1. The standard InChI is InChI=1S/C17H25N3O5S/c1-17(2,3)16(19(4)5)25-15(22)13-8-6-12(7-9-13)10-20-11-14(21)18-26(20,23)24/h6-9,16H,10-11H2,1-5H3,(H,18,21). The van der Waals surface area contributed by atoms with E-state index in [1.54, 1.807) is 24.3 Å². The van der Waals surface area contributed by atoms with Gasteiger partial charge in [0.15, 0.2) is 6.23 Å². The van der Waals surface area contributed by atoms with Gasteiger partial charge in [0.2, 0.25) is 5.91 Å². The molecule has 1 aromatic carbocycles. The van der Waals surface area contributed by atoms with Gasteiger partial charge in [-0.05, 0) is 31.8 Å². The van der Waals surface area contributed by atoms with Gasteiger partial charge in [-0.25, -0.2) is 9.52 Å². The molecule has 1 unspecified atom stereocenters. The smallest absolute Gasteiger partial charge is 0.339 e. The summed E-state index contributed by atoms with van der Waals surface area (Å²) in [5.41, 5.74) is 0.799. The van der Waals surface area contributed by atoms with Crippen molar-refractivity contribution in [2.45, 2.75) is 33.5 Å². The van der Waals surface area contributed by atoms with Gasteiger partial charge in [-0.3, -0.25) is 9.69 Å². The highest BCUT2D eigenvalue weighted by Gasteiger charge is 2.34. The third kappa shape index (κ3) is 4.80. The molecule has 1 atom stereocenters. The molecule has 1 aromatic rings. The highest BCUT2D eigenvalue weighted by atomic mass is 32.2. The zero-order valence-electron chi connectivity index (χ0n) is 15.6. The molecular formula is C17H25N3O5S. The molecular weight excluding hydrogens is 358 g/mol. The first kappa shape index (κ1) is 20.3. The Labute approximate surface area is 154 Å². The molecule has 0 aromatic heterocycles. The highest BCUT2D eigenvalue weighted by Crippen LogP contribution is 2.25. The molecule has 0 spiro atoms. The molecule has 0 radical (unpaired) electrons. The molecule has 9 heteroatoms. The van der Waals surface area contributed by atoms with Crippen LogP contribution in [-0.2, 0) is 26.3 Å². The number of nitrogens with zero attached hydrogens (tertiary/aromatic N) is 2. The summed E-state index contributed by atoms with van der Waals surface area (Å²) in [5, 5.41) is 0. The number of rotatable bonds is 5. The molecule has 8 nitrogen and oxygen atoms in total. The Hall–Kier alpha value is -1.97. The molecule has 0 bridgehead atoms. The Morgan fingerprint density at radius 3 is 2.27 bits per heavy atom. The van der Waals surface area contributed by atoms with Gasteiger partial charge in [0.25, 0.3) is 0 Å². The van der Waals surface area contributed by atoms with Crippen molar-refractivity contribution in [3.8, 4) is 0 Å². The number of carbonyl (C=O) groups is 2. The van der Waals surface area contributed by atoms with Crippen LogP contribution < -0.4 is 4.72 Å². The minimum atomic E-state index is -3.77. The minimum Gasteiger partial charge on any atom is -0.442 e. The van der Waals surface area contributed by atoms with Crippen LogP contribution in [0.1, 0.15) is 36.7 Å². The van der Waals surface area contributed by atoms with Crippen molar-refractivity contribution in [3.05, 3.63) is 35.4 Å². The zero-order valence-corrected chi connectivity index (χ0v) is 16.5. The number of esters is 1. The molecule has 1 saturated heterocycles. The van der Waals surface area contributed by atoms with Gasteiger partial charge in [0.05, 0.1) is 12.1 Å². The fraction of sp³-hybridized carbons (Fsp3) is 0.529. The van der Waals surface area contributed by atoms with Crippen LogP contribution in [0, 0.1) is 5.41 Å². The average molecular weight is 383 g/mol. The number of nitrogens with one attached hydrogen (secondary N) is 1. The predicted octanol–water partition coefficient (Wildman–Crippen LogP) is 0.954. The molecule has 1 heterocycles. The Bertz CT molecular complexity index is 782. The second-order valence-electron chi connectivity index (χ2n) is 7.58. The molecule has 2 rings (SSSR count). The van der Waals surface area contributed by atoms with Crippen LogP contribution in [0.3, 0.4) is 0 Å². The summed E-state index contributed by atoms with van der Waals surface area (Å²) in [6.45, 7) is 5.81. The van der Waals surface area contributed by atoms with Crippen molar-refractivity contribution in [3.63, 3.8) is 0 Å². The van der Waals surface area contributed by atoms with E-state index >= 15 is 0 Å². The first-order valence-corrected chi connectivity index (χ1v) is 9.61. The number of ether oxygens (including phenoxy) is 1. The first-order valence-electron chi connectivity index (χ1n) is 8.17. The number of hydrogen-bond acceptors (Lipinski definition) is 6. The molecule has 0 aliphatic carbocycles. The molecule has 1 fully saturated rings. The van der Waals surface area contributed by atoms with E-state index in [1.807, 2.05) is 44.5 Å². The lowest BCUT2D eigenvalue weighted by Crippen LogP contribution is -2.43. The number of carbonyl (C=O) groups excluding carboxylic acids is 2. The van der Waals surface area contributed by atoms with E-state index in [0.29, 0.717) is 11.1 Å². The summed E-state index contributed by atoms with van der Waals surface area (Å²) in [4.78, 5) is 25.5.